The lowest BCUT2D eigenvalue weighted by atomic mass is 10.2. The first kappa shape index (κ1) is 12.9. The number of carboxylic acids is 1. The second-order valence-corrected chi connectivity index (χ2v) is 4.84. The molecule has 1 aliphatic rings. The molecule has 0 unspecified atom stereocenters. The number of halogens is 2. The predicted octanol–water partition coefficient (Wildman–Crippen LogP) is 2.37. The molecule has 2 rings (SSSR count). The number of hydrogen-bond acceptors (Lipinski definition) is 3. The van der Waals surface area contributed by atoms with Crippen LogP contribution in [0.2, 0.25) is 0 Å². The highest BCUT2D eigenvalue weighted by Crippen LogP contribution is 2.32. The Labute approximate surface area is 106 Å². The van der Waals surface area contributed by atoms with E-state index in [1.807, 2.05) is 0 Å². The fourth-order valence-corrected chi connectivity index (χ4v) is 2.52. The lowest BCUT2D eigenvalue weighted by molar-refractivity contribution is -0.137. The lowest BCUT2D eigenvalue weighted by Gasteiger charge is -2.20. The molecule has 0 bridgehead atoms. The highest BCUT2D eigenvalue weighted by molar-refractivity contribution is 7.08. The number of hydrogen-bond donors (Lipinski definition) is 1. The maximum absolute atomic E-state index is 12.7. The van der Waals surface area contributed by atoms with Crippen molar-refractivity contribution in [2.24, 2.45) is 0 Å². The summed E-state index contributed by atoms with van der Waals surface area (Å²) in [6.45, 7) is -0.442. The Morgan fingerprint density at radius 3 is 2.61 bits per heavy atom. The summed E-state index contributed by atoms with van der Waals surface area (Å²) in [5, 5.41) is 11.3. The zero-order valence-electron chi connectivity index (χ0n) is 9.31. The van der Waals surface area contributed by atoms with Crippen molar-refractivity contribution in [3.63, 3.8) is 0 Å². The van der Waals surface area contributed by atoms with Gasteiger partial charge >= 0.3 is 5.97 Å². The molecule has 1 saturated carbocycles. The van der Waals surface area contributed by atoms with Crippen LogP contribution in [0.3, 0.4) is 0 Å². The maximum Gasteiger partial charge on any atom is 0.323 e. The molecular weight excluding hydrogens is 264 g/mol. The molecule has 7 heteroatoms. The molecule has 1 N–H and O–H groups in total. The molecule has 0 radical (unpaired) electrons. The second-order valence-electron chi connectivity index (χ2n) is 4.10. The van der Waals surface area contributed by atoms with Crippen LogP contribution in [0.4, 0.5) is 8.78 Å². The van der Waals surface area contributed by atoms with Crippen LogP contribution in [-0.2, 0) is 4.79 Å². The molecule has 18 heavy (non-hydrogen) atoms. The summed E-state index contributed by atoms with van der Waals surface area (Å²) in [5.74, 6) is -1.75. The van der Waals surface area contributed by atoms with Crippen LogP contribution in [0, 0.1) is 0 Å². The van der Waals surface area contributed by atoms with Crippen LogP contribution in [0.5, 0.6) is 0 Å². The van der Waals surface area contributed by atoms with Gasteiger partial charge in [0.25, 0.3) is 12.3 Å². The zero-order chi connectivity index (χ0) is 13.3. The fraction of sp³-hybridized carbons (Fsp3) is 0.455. The van der Waals surface area contributed by atoms with Crippen molar-refractivity contribution >= 4 is 23.2 Å². The van der Waals surface area contributed by atoms with Gasteiger partial charge < -0.3 is 10.0 Å². The molecule has 1 fully saturated rings. The first-order chi connectivity index (χ1) is 8.50. The van der Waals surface area contributed by atoms with E-state index in [4.69, 9.17) is 5.11 Å². The molecule has 1 aromatic heterocycles. The largest absolute Gasteiger partial charge is 0.480 e. The zero-order valence-corrected chi connectivity index (χ0v) is 10.1. The van der Waals surface area contributed by atoms with E-state index in [9.17, 15) is 18.4 Å². The third-order valence-corrected chi connectivity index (χ3v) is 3.47. The topological polar surface area (TPSA) is 57.6 Å². The lowest BCUT2D eigenvalue weighted by Crippen LogP contribution is -2.37. The molecule has 0 aliphatic heterocycles. The van der Waals surface area contributed by atoms with E-state index in [1.165, 1.54) is 10.8 Å². The average Bonchev–Trinajstić information content (AvgIpc) is 3.00. The molecule has 0 atom stereocenters. The number of nitrogens with zero attached hydrogens (tertiary/aromatic N) is 1. The SMILES string of the molecule is O=C(O)CN(C(=O)c1cscc1C(F)F)C1CC1. The second kappa shape index (κ2) is 5.01. The first-order valence-electron chi connectivity index (χ1n) is 5.37. The van der Waals surface area contributed by atoms with Crippen molar-refractivity contribution in [3.8, 4) is 0 Å². The van der Waals surface area contributed by atoms with Crippen LogP contribution in [-0.4, -0.2) is 34.5 Å². The number of amides is 1. The highest BCUT2D eigenvalue weighted by Gasteiger charge is 2.35. The number of aliphatic carboxylic acids is 1. The Bertz CT molecular complexity index is 471. The van der Waals surface area contributed by atoms with Crippen molar-refractivity contribution in [1.29, 1.82) is 0 Å². The molecule has 0 saturated heterocycles. The summed E-state index contributed by atoms with van der Waals surface area (Å²) in [6, 6.07) is -0.126. The van der Waals surface area contributed by atoms with Crippen LogP contribution in [0.15, 0.2) is 10.8 Å². The number of alkyl halides is 2. The standard InChI is InChI=1S/C11H11F2NO3S/c12-10(13)7-4-18-5-8(7)11(17)14(3-9(15)16)6-1-2-6/h4-6,10H,1-3H2,(H,15,16). The molecule has 1 heterocycles. The van der Waals surface area contributed by atoms with Crippen molar-refractivity contribution < 1.29 is 23.5 Å². The Morgan fingerprint density at radius 1 is 1.44 bits per heavy atom. The minimum Gasteiger partial charge on any atom is -0.480 e. The number of carbonyl (C=O) groups excluding carboxylic acids is 1. The van der Waals surface area contributed by atoms with Crippen LogP contribution < -0.4 is 0 Å². The van der Waals surface area contributed by atoms with Crippen LogP contribution in [0.25, 0.3) is 0 Å². The van der Waals surface area contributed by atoms with E-state index in [2.05, 4.69) is 0 Å². The van der Waals surface area contributed by atoms with Crippen molar-refractivity contribution in [1.82, 2.24) is 4.90 Å². The maximum atomic E-state index is 12.7. The van der Waals surface area contributed by atoms with E-state index >= 15 is 0 Å². The van der Waals surface area contributed by atoms with Gasteiger partial charge in [-0.2, -0.15) is 11.3 Å². The summed E-state index contributed by atoms with van der Waals surface area (Å²) in [6.07, 6.45) is -1.26. The van der Waals surface area contributed by atoms with Gasteiger partial charge in [-0.3, -0.25) is 9.59 Å². The summed E-state index contributed by atoms with van der Waals surface area (Å²) < 4.78 is 25.4. The minimum atomic E-state index is -2.72. The molecule has 4 nitrogen and oxygen atoms in total. The smallest absolute Gasteiger partial charge is 0.323 e. The van der Waals surface area contributed by atoms with Gasteiger partial charge in [0, 0.05) is 22.4 Å². The molecule has 0 aromatic carbocycles. The summed E-state index contributed by atoms with van der Waals surface area (Å²) in [7, 11) is 0. The van der Waals surface area contributed by atoms with Gasteiger partial charge in [0.05, 0.1) is 5.56 Å². The summed E-state index contributed by atoms with van der Waals surface area (Å²) in [5.41, 5.74) is -0.399. The fourth-order valence-electron chi connectivity index (χ4n) is 1.70. The van der Waals surface area contributed by atoms with Crippen molar-refractivity contribution in [2.75, 3.05) is 6.54 Å². The average molecular weight is 275 g/mol. The third-order valence-electron chi connectivity index (χ3n) is 2.71. The highest BCUT2D eigenvalue weighted by atomic mass is 32.1. The van der Waals surface area contributed by atoms with Gasteiger partial charge in [-0.05, 0) is 12.8 Å². The summed E-state index contributed by atoms with van der Waals surface area (Å²) >= 11 is 1.02. The molecule has 1 aromatic rings. The quantitative estimate of drug-likeness (QED) is 0.897. The van der Waals surface area contributed by atoms with Gasteiger partial charge in [0.15, 0.2) is 0 Å². The monoisotopic (exact) mass is 275 g/mol. The molecular formula is C11H11F2NO3S. The number of rotatable bonds is 5. The van der Waals surface area contributed by atoms with Gasteiger partial charge in [-0.25, -0.2) is 8.78 Å². The van der Waals surface area contributed by atoms with Gasteiger partial charge in [-0.1, -0.05) is 0 Å². The van der Waals surface area contributed by atoms with Crippen LogP contribution >= 0.6 is 11.3 Å². The first-order valence-corrected chi connectivity index (χ1v) is 6.32. The number of carboxylic acid groups (broad SMARTS) is 1. The third kappa shape index (κ3) is 2.66. The normalized spacial score (nSPS) is 14.8. The molecule has 1 amide bonds. The van der Waals surface area contributed by atoms with E-state index in [-0.39, 0.29) is 17.2 Å². The predicted molar refractivity (Wildman–Crippen MR) is 61.0 cm³/mol. The van der Waals surface area contributed by atoms with Gasteiger partial charge in [-0.15, -0.1) is 0 Å². The Hall–Kier alpha value is -1.50. The van der Waals surface area contributed by atoms with E-state index < -0.39 is 24.8 Å². The molecule has 0 spiro atoms. The van der Waals surface area contributed by atoms with E-state index in [1.54, 1.807) is 0 Å². The Morgan fingerprint density at radius 2 is 2.11 bits per heavy atom. The molecule has 98 valence electrons. The van der Waals surface area contributed by atoms with Crippen molar-refractivity contribution in [2.45, 2.75) is 25.3 Å². The Kier molecular flexibility index (Phi) is 3.60. The van der Waals surface area contributed by atoms with Crippen molar-refractivity contribution in [3.05, 3.63) is 21.9 Å². The number of carbonyl (C=O) groups is 2. The van der Waals surface area contributed by atoms with E-state index in [0.717, 1.165) is 29.1 Å². The number of thiophene rings is 1. The van der Waals surface area contributed by atoms with E-state index in [0.29, 0.717) is 0 Å². The van der Waals surface area contributed by atoms with Gasteiger partial charge in [0.1, 0.15) is 6.54 Å². The summed E-state index contributed by atoms with van der Waals surface area (Å²) in [4.78, 5) is 23.9. The molecule has 1 aliphatic carbocycles. The Balaban J connectivity index is 2.22. The minimum absolute atomic E-state index is 0.0804. The van der Waals surface area contributed by atoms with Gasteiger partial charge in [0.2, 0.25) is 0 Å². The van der Waals surface area contributed by atoms with Crippen LogP contribution in [0.1, 0.15) is 35.2 Å².